The Morgan fingerprint density at radius 2 is 0.380 bits per heavy atom. The van der Waals surface area contributed by atoms with Gasteiger partial charge in [0.2, 0.25) is 0 Å². The van der Waals surface area contributed by atoms with Crippen LogP contribution in [0.2, 0.25) is 0 Å². The van der Waals surface area contributed by atoms with Crippen LogP contribution in [0.5, 0.6) is 28.7 Å². The van der Waals surface area contributed by atoms with Crippen LogP contribution in [-0.4, -0.2) is 33.5 Å². The summed E-state index contributed by atoms with van der Waals surface area (Å²) in [6.45, 7) is 21.6. The van der Waals surface area contributed by atoms with Gasteiger partial charge in [-0.05, 0) is 393 Å². The van der Waals surface area contributed by atoms with Crippen LogP contribution in [0.15, 0.2) is 212 Å². The molecular weight excluding hydrogens is 1860 g/mol. The Bertz CT molecular complexity index is 5860. The van der Waals surface area contributed by atoms with Crippen LogP contribution in [0.4, 0.5) is 22.0 Å². The van der Waals surface area contributed by atoms with Crippen molar-refractivity contribution in [3.63, 3.8) is 0 Å². The van der Waals surface area contributed by atoms with Crippen molar-refractivity contribution < 1.29 is 45.6 Å². The molecule has 0 heterocycles. The molecule has 5 aliphatic rings. The van der Waals surface area contributed by atoms with Crippen molar-refractivity contribution in [3.05, 3.63) is 325 Å². The molecule has 0 bridgehead atoms. The molecule has 0 saturated heterocycles. The second-order valence-corrected chi connectivity index (χ2v) is 42.9. The number of rotatable bonds is 40. The van der Waals surface area contributed by atoms with Gasteiger partial charge in [-0.3, -0.25) is 0 Å². The lowest BCUT2D eigenvalue weighted by atomic mass is 9.77. The van der Waals surface area contributed by atoms with Gasteiger partial charge >= 0.3 is 0 Å². The number of hydrogen-bond acceptors (Lipinski definition) is 5. The van der Waals surface area contributed by atoms with Gasteiger partial charge in [-0.1, -0.05) is 323 Å². The van der Waals surface area contributed by atoms with Crippen LogP contribution >= 0.6 is 0 Å². The van der Waals surface area contributed by atoms with Gasteiger partial charge in [0.1, 0.15) is 0 Å². The molecule has 10 aromatic rings. The monoisotopic (exact) mass is 2030 g/mol. The Morgan fingerprint density at radius 3 is 0.580 bits per heavy atom. The summed E-state index contributed by atoms with van der Waals surface area (Å²) < 4.78 is 96.8. The van der Waals surface area contributed by atoms with E-state index >= 15 is 0 Å². The highest BCUT2D eigenvalue weighted by Crippen LogP contribution is 2.44. The van der Waals surface area contributed by atoms with E-state index in [1.54, 1.807) is 42.5 Å². The molecule has 0 atom stereocenters. The minimum Gasteiger partial charge on any atom is -0.494 e. The highest BCUT2D eigenvalue weighted by atomic mass is 19.1. The Kier molecular flexibility index (Phi) is 54.3. The molecule has 800 valence electrons. The largest absolute Gasteiger partial charge is 0.494 e. The Hall–Kier alpha value is -11.4. The minimum absolute atomic E-state index is 0.245. The highest BCUT2D eigenvalue weighted by Gasteiger charge is 2.28. The summed E-state index contributed by atoms with van der Waals surface area (Å²) in [7, 11) is 1.46. The molecule has 0 amide bonds. The average molecular weight is 2030 g/mol. The number of benzene rings is 10. The molecule has 5 saturated carbocycles. The Morgan fingerprint density at radius 1 is 0.193 bits per heavy atom. The van der Waals surface area contributed by atoms with Crippen molar-refractivity contribution in [1.82, 2.24) is 0 Å². The number of halogens is 5. The lowest BCUT2D eigenvalue weighted by molar-refractivity contribution is 0.291. The summed E-state index contributed by atoms with van der Waals surface area (Å²) in [4.78, 5) is 0. The molecule has 0 unspecified atom stereocenters. The molecule has 5 fully saturated rings. The molecule has 0 N–H and O–H groups in total. The summed E-state index contributed by atoms with van der Waals surface area (Å²) >= 11 is 0. The van der Waals surface area contributed by atoms with Crippen LogP contribution in [0.1, 0.15) is 471 Å². The second-order valence-electron chi connectivity index (χ2n) is 42.9. The van der Waals surface area contributed by atoms with Crippen LogP contribution in [0.3, 0.4) is 0 Å². The molecule has 150 heavy (non-hydrogen) atoms. The van der Waals surface area contributed by atoms with Crippen LogP contribution < -0.4 is 23.7 Å². The van der Waals surface area contributed by atoms with E-state index in [4.69, 9.17) is 23.7 Å². The zero-order chi connectivity index (χ0) is 106. The first-order valence-corrected chi connectivity index (χ1v) is 58.6. The summed E-state index contributed by atoms with van der Waals surface area (Å²) in [6.07, 6.45) is 60.5. The zero-order valence-corrected chi connectivity index (χ0v) is 92.8. The van der Waals surface area contributed by atoms with Crippen molar-refractivity contribution >= 4 is 0 Å². The van der Waals surface area contributed by atoms with E-state index in [2.05, 4.69) is 229 Å². The standard InChI is InChI=1S/C30H39FO.C29H37FO.C28H35FO.C27H33FO.C26H31FO/c1-3-5-7-9-24-12-17-27(18-13-24)28-19-14-25(15-20-28)10-11-26-16-21-30(29(31)23-26)32-22-8-6-4-2;1-3-5-7-8-23-11-16-26(17-12-23)27-18-13-24(14-19-27)9-10-25-15-20-29(28(30)22-25)31-21-6-4-2;1-3-5-6-7-22-10-15-25(16-11-22)26-17-12-23(13-18-26)8-9-24-14-19-28(27(29)21-24)30-20-4-2;1-3-5-6-7-21-10-15-24(16-11-21)25-17-12-22(13-18-25)8-9-23-14-19-27(29-4-2)26(28)20-23;1-3-4-5-6-20-9-14-23(15-10-20)24-16-11-21(12-17-24)7-8-22-13-18-26(28-2)25(27)19-22/h14-16,19-21,23-24,27H,3-9,12-13,17-18,22H2,1-2H3;13-15,18-20,22-23,26H,3-8,11-12,16-17,21H2,1-2H3;12-14,17-19,21-22,25H,3-7,10-11,15-16,20H2,1-2H3;12-14,17-21,24H,3-7,10-11,15-16H2,1-2H3;11-13,16-20,23H,3-6,9-10,14-15H2,1-2H3. The summed E-state index contributed by atoms with van der Waals surface area (Å²) in [6, 6.07) is 67.9. The van der Waals surface area contributed by atoms with E-state index in [1.165, 1.54) is 322 Å². The van der Waals surface area contributed by atoms with Crippen LogP contribution in [0.25, 0.3) is 0 Å². The van der Waals surface area contributed by atoms with Crippen LogP contribution in [0, 0.1) is 118 Å². The maximum atomic E-state index is 14.3. The smallest absolute Gasteiger partial charge is 0.166 e. The first kappa shape index (κ1) is 119. The first-order valence-electron chi connectivity index (χ1n) is 58.6. The third-order valence-corrected chi connectivity index (χ3v) is 31.4. The van der Waals surface area contributed by atoms with Crippen LogP contribution in [-0.2, 0) is 0 Å². The third kappa shape index (κ3) is 42.4. The van der Waals surface area contributed by atoms with E-state index in [-0.39, 0.29) is 40.6 Å². The molecular formula is C140H175F5O5. The molecule has 10 heteroatoms. The van der Waals surface area contributed by atoms with E-state index in [0.717, 1.165) is 95.9 Å². The predicted molar refractivity (Wildman–Crippen MR) is 617 cm³/mol. The number of hydrogen-bond donors (Lipinski definition) is 0. The second kappa shape index (κ2) is 68.5. The Labute approximate surface area is 903 Å². The molecule has 5 aliphatic carbocycles. The molecule has 15 rings (SSSR count). The van der Waals surface area contributed by atoms with Gasteiger partial charge in [0.05, 0.1) is 33.5 Å². The SMILES string of the molecule is CCCCCC1CCC(c2ccc(C#Cc3ccc(OC)c(F)c3)cc2)CC1.CCCCCC1CCC(c2ccc(C#Cc3ccc(OCC)c(F)c3)cc2)CC1.CCCCCC1CCC(c2ccc(C#Cc3ccc(OCCC)c(F)c3)cc2)CC1.CCCCCC1CCC(c2ccc(C#Cc3ccc(OCCCC)c(F)c3)cc2)CC1.CCCCCOc1ccc(C#Cc2ccc(C3CCC(CCCCC)CC3)cc2)cc1F. The van der Waals surface area contributed by atoms with E-state index in [1.807, 2.05) is 32.0 Å². The summed E-state index contributed by atoms with van der Waals surface area (Å²) in [5.41, 5.74) is 15.4. The summed E-state index contributed by atoms with van der Waals surface area (Å²) in [5.74, 6) is 39.0. The number of methoxy groups -OCH3 is 1. The van der Waals surface area contributed by atoms with Gasteiger partial charge in [0.15, 0.2) is 57.8 Å². The highest BCUT2D eigenvalue weighted by molar-refractivity contribution is 5.52. The van der Waals surface area contributed by atoms with Gasteiger partial charge in [0.25, 0.3) is 0 Å². The van der Waals surface area contributed by atoms with Gasteiger partial charge in [-0.15, -0.1) is 0 Å². The third-order valence-electron chi connectivity index (χ3n) is 31.4. The minimum atomic E-state index is -0.380. The maximum absolute atomic E-state index is 14.3. The molecule has 0 radical (unpaired) electrons. The summed E-state index contributed by atoms with van der Waals surface area (Å²) in [5, 5.41) is 0. The molecule has 0 aromatic heterocycles. The van der Waals surface area contributed by atoms with Gasteiger partial charge in [-0.25, -0.2) is 22.0 Å². The predicted octanol–water partition coefficient (Wildman–Crippen LogP) is 39.3. The van der Waals surface area contributed by atoms with Crippen molar-refractivity contribution in [2.45, 2.75) is 387 Å². The topological polar surface area (TPSA) is 46.2 Å². The molecule has 10 aromatic carbocycles. The number of unbranched alkanes of at least 4 members (excludes halogenated alkanes) is 13. The quantitative estimate of drug-likeness (QED) is 0.0218. The molecule has 0 aliphatic heterocycles. The van der Waals surface area contributed by atoms with E-state index in [9.17, 15) is 22.0 Å². The first-order chi connectivity index (χ1) is 73.5. The molecule has 0 spiro atoms. The van der Waals surface area contributed by atoms with E-state index < -0.39 is 0 Å². The van der Waals surface area contributed by atoms with Gasteiger partial charge in [-0.2, -0.15) is 0 Å². The maximum Gasteiger partial charge on any atom is 0.166 e. The lowest BCUT2D eigenvalue weighted by Crippen LogP contribution is -2.13. The lowest BCUT2D eigenvalue weighted by Gasteiger charge is -2.29. The van der Waals surface area contributed by atoms with E-state index in [0.29, 0.717) is 101 Å². The van der Waals surface area contributed by atoms with Gasteiger partial charge < -0.3 is 23.7 Å². The fraction of sp³-hybridized carbons (Fsp3) is 0.500. The average Bonchev–Trinajstić information content (AvgIpc) is 0.853. The van der Waals surface area contributed by atoms with Crippen molar-refractivity contribution in [3.8, 4) is 88.0 Å². The van der Waals surface area contributed by atoms with Gasteiger partial charge in [0, 0.05) is 55.6 Å². The normalized spacial score (nSPS) is 18.5. The fourth-order valence-electron chi connectivity index (χ4n) is 22.0. The van der Waals surface area contributed by atoms with Crippen molar-refractivity contribution in [1.29, 1.82) is 0 Å². The fourth-order valence-corrected chi connectivity index (χ4v) is 22.0. The van der Waals surface area contributed by atoms with Crippen molar-refractivity contribution in [2.75, 3.05) is 33.5 Å². The Balaban J connectivity index is 0.000000178. The zero-order valence-electron chi connectivity index (χ0n) is 92.8. The van der Waals surface area contributed by atoms with Crippen molar-refractivity contribution in [2.24, 2.45) is 29.6 Å². The molecule has 5 nitrogen and oxygen atoms in total. The number of ether oxygens (including phenoxy) is 5.